The highest BCUT2D eigenvalue weighted by Gasteiger charge is 2.28. The van der Waals surface area contributed by atoms with Crippen LogP contribution in [0, 0.1) is 6.92 Å². The number of halogens is 3. The van der Waals surface area contributed by atoms with E-state index in [9.17, 15) is 22.8 Å². The van der Waals surface area contributed by atoms with Gasteiger partial charge in [-0.3, -0.25) is 9.59 Å². The van der Waals surface area contributed by atoms with Crippen LogP contribution in [-0.2, 0) is 4.79 Å². The summed E-state index contributed by atoms with van der Waals surface area (Å²) < 4.78 is 41.0. The first-order chi connectivity index (χ1) is 11.3. The van der Waals surface area contributed by atoms with Crippen molar-refractivity contribution < 1.29 is 27.3 Å². The molecule has 0 spiro atoms. The standard InChI is InChI=1S/C15H14F3N3O3/c1-9-12(13(21-24-9)10-5-3-2-4-6-10)14(23)19-7-11(22)20-8-15(16,17)18/h2-6H,7-8H2,1H3,(H,19,23)(H,20,22). The number of aryl methyl sites for hydroxylation is 1. The molecule has 0 saturated heterocycles. The largest absolute Gasteiger partial charge is 0.405 e. The number of alkyl halides is 3. The minimum absolute atomic E-state index is 0.129. The van der Waals surface area contributed by atoms with Crippen molar-refractivity contribution in [3.8, 4) is 11.3 Å². The Hall–Kier alpha value is -2.84. The number of carbonyl (C=O) groups excluding carboxylic acids is 2. The zero-order chi connectivity index (χ0) is 17.7. The Bertz CT molecular complexity index is 727. The molecule has 9 heteroatoms. The number of nitrogens with zero attached hydrogens (tertiary/aromatic N) is 1. The second-order valence-electron chi connectivity index (χ2n) is 4.90. The SMILES string of the molecule is Cc1onc(-c2ccccc2)c1C(=O)NCC(=O)NCC(F)(F)F. The molecule has 0 atom stereocenters. The highest BCUT2D eigenvalue weighted by molar-refractivity contribution is 6.02. The van der Waals surface area contributed by atoms with Gasteiger partial charge in [0.25, 0.3) is 5.91 Å². The van der Waals surface area contributed by atoms with Gasteiger partial charge in [0.2, 0.25) is 5.91 Å². The molecule has 0 fully saturated rings. The van der Waals surface area contributed by atoms with Crippen molar-refractivity contribution in [2.45, 2.75) is 13.1 Å². The van der Waals surface area contributed by atoms with Crippen molar-refractivity contribution >= 4 is 11.8 Å². The average Bonchev–Trinajstić information content (AvgIpc) is 2.92. The van der Waals surface area contributed by atoms with Crippen molar-refractivity contribution in [2.75, 3.05) is 13.1 Å². The lowest BCUT2D eigenvalue weighted by Gasteiger charge is -2.09. The minimum Gasteiger partial charge on any atom is -0.360 e. The molecular weight excluding hydrogens is 327 g/mol. The molecule has 1 heterocycles. The normalized spacial score (nSPS) is 11.2. The summed E-state index contributed by atoms with van der Waals surface area (Å²) in [6.45, 7) is -0.519. The maximum absolute atomic E-state index is 12.2. The Kier molecular flexibility index (Phi) is 5.22. The summed E-state index contributed by atoms with van der Waals surface area (Å²) in [7, 11) is 0. The lowest BCUT2D eigenvalue weighted by Crippen LogP contribution is -2.41. The van der Waals surface area contributed by atoms with Gasteiger partial charge in [-0.15, -0.1) is 0 Å². The molecule has 0 aliphatic heterocycles. The average molecular weight is 341 g/mol. The van der Waals surface area contributed by atoms with Crippen molar-refractivity contribution in [3.05, 3.63) is 41.7 Å². The molecule has 0 radical (unpaired) electrons. The van der Waals surface area contributed by atoms with E-state index in [0.717, 1.165) is 0 Å². The number of hydrogen-bond acceptors (Lipinski definition) is 4. The summed E-state index contributed by atoms with van der Waals surface area (Å²) in [6.07, 6.45) is -4.51. The molecule has 0 aliphatic rings. The van der Waals surface area contributed by atoms with Crippen LogP contribution >= 0.6 is 0 Å². The Labute approximate surface area is 135 Å². The van der Waals surface area contributed by atoms with Gasteiger partial charge in [0, 0.05) is 5.56 Å². The van der Waals surface area contributed by atoms with Gasteiger partial charge in [-0.2, -0.15) is 13.2 Å². The summed E-state index contributed by atoms with van der Waals surface area (Å²) in [5.74, 6) is -1.37. The van der Waals surface area contributed by atoms with Gasteiger partial charge < -0.3 is 15.2 Å². The van der Waals surface area contributed by atoms with E-state index in [1.165, 1.54) is 6.92 Å². The molecule has 2 rings (SSSR count). The first-order valence-corrected chi connectivity index (χ1v) is 6.91. The number of amides is 2. The maximum Gasteiger partial charge on any atom is 0.405 e. The number of hydrogen-bond donors (Lipinski definition) is 2. The van der Waals surface area contributed by atoms with Crippen molar-refractivity contribution in [1.29, 1.82) is 0 Å². The molecule has 1 aromatic carbocycles. The molecule has 2 N–H and O–H groups in total. The molecule has 2 amide bonds. The monoisotopic (exact) mass is 341 g/mol. The molecule has 24 heavy (non-hydrogen) atoms. The number of aromatic nitrogens is 1. The molecular formula is C15H14F3N3O3. The Morgan fingerprint density at radius 1 is 1.17 bits per heavy atom. The fourth-order valence-electron chi connectivity index (χ4n) is 1.94. The summed E-state index contributed by atoms with van der Waals surface area (Å²) in [6, 6.07) is 8.76. The third-order valence-electron chi connectivity index (χ3n) is 3.03. The van der Waals surface area contributed by atoms with E-state index in [1.54, 1.807) is 35.6 Å². The van der Waals surface area contributed by atoms with E-state index >= 15 is 0 Å². The highest BCUT2D eigenvalue weighted by atomic mass is 19.4. The molecule has 0 aliphatic carbocycles. The topological polar surface area (TPSA) is 84.2 Å². The quantitative estimate of drug-likeness (QED) is 0.872. The van der Waals surface area contributed by atoms with Crippen LogP contribution in [0.1, 0.15) is 16.1 Å². The first-order valence-electron chi connectivity index (χ1n) is 6.91. The van der Waals surface area contributed by atoms with E-state index in [4.69, 9.17) is 4.52 Å². The van der Waals surface area contributed by atoms with Gasteiger partial charge in [0.05, 0.1) is 6.54 Å². The van der Waals surface area contributed by atoms with Crippen LogP contribution in [0.15, 0.2) is 34.9 Å². The second-order valence-corrected chi connectivity index (χ2v) is 4.90. The second kappa shape index (κ2) is 7.16. The summed E-state index contributed by atoms with van der Waals surface area (Å²) >= 11 is 0. The Morgan fingerprint density at radius 3 is 2.46 bits per heavy atom. The number of benzene rings is 1. The zero-order valence-electron chi connectivity index (χ0n) is 12.6. The van der Waals surface area contributed by atoms with Crippen LogP contribution < -0.4 is 10.6 Å². The van der Waals surface area contributed by atoms with Gasteiger partial charge in [-0.05, 0) is 6.92 Å². The molecule has 1 aromatic heterocycles. The van der Waals surface area contributed by atoms with Crippen LogP contribution in [0.2, 0.25) is 0 Å². The van der Waals surface area contributed by atoms with Gasteiger partial charge >= 0.3 is 6.18 Å². The summed E-state index contributed by atoms with van der Waals surface area (Å²) in [5.41, 5.74) is 1.06. The first kappa shape index (κ1) is 17.5. The predicted molar refractivity (Wildman–Crippen MR) is 78.1 cm³/mol. The molecule has 0 bridgehead atoms. The van der Waals surface area contributed by atoms with Gasteiger partial charge in [-0.1, -0.05) is 35.5 Å². The van der Waals surface area contributed by atoms with Crippen molar-refractivity contribution in [1.82, 2.24) is 15.8 Å². The van der Waals surface area contributed by atoms with Gasteiger partial charge in [0.15, 0.2) is 0 Å². The van der Waals surface area contributed by atoms with E-state index in [-0.39, 0.29) is 11.3 Å². The van der Waals surface area contributed by atoms with E-state index in [0.29, 0.717) is 11.3 Å². The Morgan fingerprint density at radius 2 is 1.83 bits per heavy atom. The van der Waals surface area contributed by atoms with Crippen LogP contribution in [0.5, 0.6) is 0 Å². The molecule has 2 aromatic rings. The van der Waals surface area contributed by atoms with Crippen LogP contribution in [0.4, 0.5) is 13.2 Å². The van der Waals surface area contributed by atoms with Crippen LogP contribution in [0.25, 0.3) is 11.3 Å². The lowest BCUT2D eigenvalue weighted by atomic mass is 10.1. The number of nitrogens with one attached hydrogen (secondary N) is 2. The van der Waals surface area contributed by atoms with Crippen molar-refractivity contribution in [3.63, 3.8) is 0 Å². The summed E-state index contributed by atoms with van der Waals surface area (Å²) in [5, 5.41) is 7.74. The predicted octanol–water partition coefficient (Wildman–Crippen LogP) is 2.06. The van der Waals surface area contributed by atoms with E-state index in [2.05, 4.69) is 10.5 Å². The van der Waals surface area contributed by atoms with Crippen molar-refractivity contribution in [2.24, 2.45) is 0 Å². The van der Waals surface area contributed by atoms with Gasteiger partial charge in [-0.25, -0.2) is 0 Å². The number of carbonyl (C=O) groups is 2. The molecule has 0 unspecified atom stereocenters. The fourth-order valence-corrected chi connectivity index (χ4v) is 1.94. The lowest BCUT2D eigenvalue weighted by molar-refractivity contribution is -0.137. The molecule has 6 nitrogen and oxygen atoms in total. The zero-order valence-corrected chi connectivity index (χ0v) is 12.6. The van der Waals surface area contributed by atoms with E-state index < -0.39 is 31.1 Å². The highest BCUT2D eigenvalue weighted by Crippen LogP contribution is 2.24. The van der Waals surface area contributed by atoms with Crippen LogP contribution in [-0.4, -0.2) is 36.2 Å². The maximum atomic E-state index is 12.2. The summed E-state index contributed by atoms with van der Waals surface area (Å²) in [4.78, 5) is 23.6. The minimum atomic E-state index is -4.51. The number of rotatable bonds is 5. The van der Waals surface area contributed by atoms with Crippen LogP contribution in [0.3, 0.4) is 0 Å². The van der Waals surface area contributed by atoms with Gasteiger partial charge in [0.1, 0.15) is 23.6 Å². The molecule has 0 saturated carbocycles. The molecule has 128 valence electrons. The third-order valence-corrected chi connectivity index (χ3v) is 3.03. The van der Waals surface area contributed by atoms with E-state index in [1.807, 2.05) is 0 Å². The Balaban J connectivity index is 2.03. The third kappa shape index (κ3) is 4.58. The fraction of sp³-hybridized carbons (Fsp3) is 0.267. The smallest absolute Gasteiger partial charge is 0.360 e.